The quantitative estimate of drug-likeness (QED) is 0.558. The van der Waals surface area contributed by atoms with Crippen LogP contribution in [0.15, 0.2) is 71.7 Å². The summed E-state index contributed by atoms with van der Waals surface area (Å²) in [6.07, 6.45) is 1.13. The average molecular weight is 409 g/mol. The highest BCUT2D eigenvalue weighted by molar-refractivity contribution is 6.30. The van der Waals surface area contributed by atoms with E-state index in [0.29, 0.717) is 17.0 Å². The van der Waals surface area contributed by atoms with Crippen LogP contribution < -0.4 is 5.32 Å². The van der Waals surface area contributed by atoms with Gasteiger partial charge in [0, 0.05) is 28.8 Å². The number of halogens is 2. The Kier molecular flexibility index (Phi) is 5.65. The lowest BCUT2D eigenvalue weighted by Gasteiger charge is -2.31. The van der Waals surface area contributed by atoms with Crippen LogP contribution in [0.4, 0.5) is 4.39 Å². The molecule has 0 fully saturated rings. The maximum Gasteiger partial charge on any atom is 0.126 e. The highest BCUT2D eigenvalue weighted by Gasteiger charge is 2.28. The molecule has 0 amide bonds. The minimum atomic E-state index is -0.427. The zero-order chi connectivity index (χ0) is 20.4. The van der Waals surface area contributed by atoms with E-state index in [9.17, 15) is 9.50 Å². The van der Waals surface area contributed by atoms with Gasteiger partial charge in [0.15, 0.2) is 0 Å². The Morgan fingerprint density at radius 3 is 2.62 bits per heavy atom. The maximum atomic E-state index is 13.8. The third-order valence-electron chi connectivity index (χ3n) is 5.27. The first kappa shape index (κ1) is 19.6. The number of phenols is 1. The van der Waals surface area contributed by atoms with Gasteiger partial charge in [-0.15, -0.1) is 0 Å². The monoisotopic (exact) mass is 408 g/mol. The van der Waals surface area contributed by atoms with Gasteiger partial charge in [0.2, 0.25) is 0 Å². The zero-order valence-electron chi connectivity index (χ0n) is 16.1. The van der Waals surface area contributed by atoms with E-state index in [2.05, 4.69) is 36.5 Å². The second kappa shape index (κ2) is 8.36. The molecule has 0 aliphatic carbocycles. The van der Waals surface area contributed by atoms with E-state index >= 15 is 0 Å². The molecule has 0 aromatic heterocycles. The number of phenolic OH excluding ortho intramolecular Hbond substituents is 1. The molecule has 2 atom stereocenters. The molecule has 1 aliphatic heterocycles. The molecule has 0 saturated carbocycles. The van der Waals surface area contributed by atoms with Gasteiger partial charge in [-0.3, -0.25) is 10.3 Å². The highest BCUT2D eigenvalue weighted by Crippen LogP contribution is 2.35. The zero-order valence-corrected chi connectivity index (χ0v) is 16.8. The van der Waals surface area contributed by atoms with Gasteiger partial charge < -0.3 is 5.11 Å². The van der Waals surface area contributed by atoms with Gasteiger partial charge in [-0.2, -0.15) is 0 Å². The van der Waals surface area contributed by atoms with Crippen LogP contribution in [-0.4, -0.2) is 10.8 Å². The molecule has 0 bridgehead atoms. The number of aryl methyl sites for hydroxylation is 1. The van der Waals surface area contributed by atoms with E-state index in [1.807, 2.05) is 6.07 Å². The fourth-order valence-electron chi connectivity index (χ4n) is 3.67. The van der Waals surface area contributed by atoms with Gasteiger partial charge in [0.05, 0.1) is 0 Å². The third-order valence-corrected chi connectivity index (χ3v) is 5.50. The standard InChI is InChI=1S/C24H22ClFN2O/c1-2-15-6-8-16(9-7-15)21-14-22(20-13-18(25)10-11-23(20)29)28-24(27-21)17-4-3-5-19(26)12-17/h3-13,22,24,28-29H,2,14H2,1H3. The predicted octanol–water partition coefficient (Wildman–Crippen LogP) is 5.97. The van der Waals surface area contributed by atoms with Crippen molar-refractivity contribution in [1.29, 1.82) is 0 Å². The Morgan fingerprint density at radius 1 is 1.10 bits per heavy atom. The average Bonchev–Trinajstić information content (AvgIpc) is 2.75. The van der Waals surface area contributed by atoms with Crippen LogP contribution in [-0.2, 0) is 6.42 Å². The molecular weight excluding hydrogens is 387 g/mol. The summed E-state index contributed by atoms with van der Waals surface area (Å²) >= 11 is 6.18. The van der Waals surface area contributed by atoms with Crippen LogP contribution in [0.2, 0.25) is 5.02 Å². The molecule has 0 spiro atoms. The maximum absolute atomic E-state index is 13.8. The van der Waals surface area contributed by atoms with Crippen LogP contribution in [0.25, 0.3) is 0 Å². The Labute approximate surface area is 174 Å². The van der Waals surface area contributed by atoms with E-state index < -0.39 is 6.17 Å². The lowest BCUT2D eigenvalue weighted by atomic mass is 9.93. The fraction of sp³-hybridized carbons (Fsp3) is 0.208. The minimum absolute atomic E-state index is 0.174. The Morgan fingerprint density at radius 2 is 1.90 bits per heavy atom. The topological polar surface area (TPSA) is 44.6 Å². The predicted molar refractivity (Wildman–Crippen MR) is 115 cm³/mol. The number of aromatic hydroxyl groups is 1. The van der Waals surface area contributed by atoms with Crippen LogP contribution >= 0.6 is 11.6 Å². The summed E-state index contributed by atoms with van der Waals surface area (Å²) in [5.41, 5.74) is 4.63. The van der Waals surface area contributed by atoms with E-state index in [-0.39, 0.29) is 17.6 Å². The first-order valence-electron chi connectivity index (χ1n) is 9.69. The largest absolute Gasteiger partial charge is 0.508 e. The number of nitrogens with one attached hydrogen (secondary N) is 1. The lowest BCUT2D eigenvalue weighted by molar-refractivity contribution is 0.412. The van der Waals surface area contributed by atoms with Crippen molar-refractivity contribution in [2.24, 2.45) is 4.99 Å². The summed E-state index contributed by atoms with van der Waals surface area (Å²) in [4.78, 5) is 4.87. The Bertz CT molecular complexity index is 1050. The van der Waals surface area contributed by atoms with E-state index in [1.165, 1.54) is 17.7 Å². The summed E-state index contributed by atoms with van der Waals surface area (Å²) in [5.74, 6) is -0.131. The molecule has 0 radical (unpaired) electrons. The summed E-state index contributed by atoms with van der Waals surface area (Å²) in [7, 11) is 0. The van der Waals surface area contributed by atoms with Crippen molar-refractivity contribution in [3.05, 3.63) is 99.8 Å². The molecule has 5 heteroatoms. The van der Waals surface area contributed by atoms with Gasteiger partial charge >= 0.3 is 0 Å². The molecule has 1 aliphatic rings. The molecule has 3 aromatic carbocycles. The van der Waals surface area contributed by atoms with E-state index in [0.717, 1.165) is 23.3 Å². The summed E-state index contributed by atoms with van der Waals surface area (Å²) in [6, 6.07) is 19.6. The molecule has 0 saturated heterocycles. The normalized spacial score (nSPS) is 19.1. The first-order chi connectivity index (χ1) is 14.0. The summed E-state index contributed by atoms with van der Waals surface area (Å²) < 4.78 is 13.8. The van der Waals surface area contributed by atoms with Gasteiger partial charge in [-0.1, -0.05) is 54.9 Å². The second-order valence-corrected chi connectivity index (χ2v) is 7.65. The fourth-order valence-corrected chi connectivity index (χ4v) is 3.85. The smallest absolute Gasteiger partial charge is 0.126 e. The molecule has 148 valence electrons. The van der Waals surface area contributed by atoms with Crippen molar-refractivity contribution in [3.8, 4) is 5.75 Å². The molecule has 4 rings (SSSR count). The number of rotatable bonds is 4. The molecule has 3 nitrogen and oxygen atoms in total. The molecular formula is C24H22ClFN2O. The number of hydrogen-bond donors (Lipinski definition) is 2. The van der Waals surface area contributed by atoms with Crippen molar-refractivity contribution in [1.82, 2.24) is 5.32 Å². The number of aliphatic imine (C=N–C) groups is 1. The van der Waals surface area contributed by atoms with Gasteiger partial charge in [0.25, 0.3) is 0 Å². The molecule has 2 N–H and O–H groups in total. The first-order valence-corrected chi connectivity index (χ1v) is 10.1. The van der Waals surface area contributed by atoms with Gasteiger partial charge in [-0.25, -0.2) is 4.39 Å². The van der Waals surface area contributed by atoms with Crippen LogP contribution in [0.5, 0.6) is 5.75 Å². The third kappa shape index (κ3) is 4.34. The van der Waals surface area contributed by atoms with Crippen molar-refractivity contribution in [2.45, 2.75) is 32.0 Å². The number of benzene rings is 3. The van der Waals surface area contributed by atoms with Gasteiger partial charge in [0.1, 0.15) is 17.7 Å². The van der Waals surface area contributed by atoms with Crippen LogP contribution in [0, 0.1) is 5.82 Å². The van der Waals surface area contributed by atoms with Crippen molar-refractivity contribution in [2.75, 3.05) is 0 Å². The van der Waals surface area contributed by atoms with E-state index in [1.54, 1.807) is 24.3 Å². The van der Waals surface area contributed by atoms with Crippen molar-refractivity contribution < 1.29 is 9.50 Å². The van der Waals surface area contributed by atoms with E-state index in [4.69, 9.17) is 16.6 Å². The Balaban J connectivity index is 1.76. The van der Waals surface area contributed by atoms with Crippen molar-refractivity contribution in [3.63, 3.8) is 0 Å². The van der Waals surface area contributed by atoms with Crippen LogP contribution in [0.1, 0.15) is 47.8 Å². The number of hydrogen-bond acceptors (Lipinski definition) is 3. The van der Waals surface area contributed by atoms with Gasteiger partial charge in [-0.05, 0) is 53.4 Å². The summed E-state index contributed by atoms with van der Waals surface area (Å²) in [5, 5.41) is 14.4. The second-order valence-electron chi connectivity index (χ2n) is 7.21. The molecule has 29 heavy (non-hydrogen) atoms. The molecule has 1 heterocycles. The molecule has 2 unspecified atom stereocenters. The number of nitrogens with zero attached hydrogens (tertiary/aromatic N) is 1. The highest BCUT2D eigenvalue weighted by atomic mass is 35.5. The Hall–Kier alpha value is -2.69. The lowest BCUT2D eigenvalue weighted by Crippen LogP contribution is -2.33. The SMILES string of the molecule is CCc1ccc(C2=NC(c3cccc(F)c3)NC(c3cc(Cl)ccc3O)C2)cc1. The van der Waals surface area contributed by atoms with Crippen molar-refractivity contribution >= 4 is 17.3 Å². The minimum Gasteiger partial charge on any atom is -0.508 e. The summed E-state index contributed by atoms with van der Waals surface area (Å²) in [6.45, 7) is 2.12. The molecule has 3 aromatic rings. The van der Waals surface area contributed by atoms with Crippen LogP contribution in [0.3, 0.4) is 0 Å².